The first kappa shape index (κ1) is 31.8. The number of hydrogen-bond acceptors (Lipinski definition) is 7. The van der Waals surface area contributed by atoms with Crippen LogP contribution in [0.2, 0.25) is 0 Å². The van der Waals surface area contributed by atoms with Crippen molar-refractivity contribution in [1.29, 1.82) is 5.26 Å². The van der Waals surface area contributed by atoms with E-state index < -0.39 is 45.7 Å². The van der Waals surface area contributed by atoms with Gasteiger partial charge in [0.05, 0.1) is 22.4 Å². The molecule has 43 heavy (non-hydrogen) atoms. The Morgan fingerprint density at radius 2 is 1.74 bits per heavy atom. The Morgan fingerprint density at radius 3 is 2.40 bits per heavy atom. The summed E-state index contributed by atoms with van der Waals surface area (Å²) in [7, 11) is -4.11. The minimum Gasteiger partial charge on any atom is -0.481 e. The van der Waals surface area contributed by atoms with Crippen LogP contribution in [0.1, 0.15) is 37.3 Å². The molecular weight excluding hydrogens is 568 g/mol. The molecule has 1 aliphatic heterocycles. The van der Waals surface area contributed by atoms with Crippen LogP contribution < -0.4 is 10.5 Å². The maximum absolute atomic E-state index is 13.8. The number of piperidine rings is 1. The van der Waals surface area contributed by atoms with Crippen molar-refractivity contribution < 1.29 is 27.9 Å². The summed E-state index contributed by atoms with van der Waals surface area (Å²) in [6.07, 6.45) is 0.915. The molecule has 3 aromatic carbocycles. The smallest absolute Gasteiger partial charge is 0.307 e. The van der Waals surface area contributed by atoms with Gasteiger partial charge in [0.2, 0.25) is 15.9 Å². The average Bonchev–Trinajstić information content (AvgIpc) is 3.02. The number of rotatable bonds is 12. The first-order valence-electron chi connectivity index (χ1n) is 14.3. The molecule has 1 saturated heterocycles. The van der Waals surface area contributed by atoms with Gasteiger partial charge in [0.1, 0.15) is 11.8 Å². The Hall–Kier alpha value is -4.11. The number of carbonyl (C=O) groups is 3. The van der Waals surface area contributed by atoms with Gasteiger partial charge < -0.3 is 15.7 Å². The molecule has 0 radical (unpaired) electrons. The Bertz CT molecular complexity index is 1640. The molecule has 0 aromatic heterocycles. The summed E-state index contributed by atoms with van der Waals surface area (Å²) in [5.41, 5.74) is 6.57. The van der Waals surface area contributed by atoms with Crippen LogP contribution in [-0.2, 0) is 30.8 Å². The molecule has 0 saturated carbocycles. The van der Waals surface area contributed by atoms with Crippen LogP contribution in [0.5, 0.6) is 0 Å². The highest BCUT2D eigenvalue weighted by molar-refractivity contribution is 7.89. The van der Waals surface area contributed by atoms with E-state index in [1.54, 1.807) is 48.2 Å². The summed E-state index contributed by atoms with van der Waals surface area (Å²) in [4.78, 5) is 40.2. The van der Waals surface area contributed by atoms with Gasteiger partial charge in [-0.1, -0.05) is 49.4 Å². The summed E-state index contributed by atoms with van der Waals surface area (Å²) in [6.45, 7) is 2.22. The van der Waals surface area contributed by atoms with Crippen LogP contribution in [0.15, 0.2) is 71.6 Å². The van der Waals surface area contributed by atoms with Gasteiger partial charge in [-0.3, -0.25) is 14.4 Å². The summed E-state index contributed by atoms with van der Waals surface area (Å²) in [5, 5.41) is 20.5. The average molecular weight is 605 g/mol. The fraction of sp³-hybridized carbons (Fsp3) is 0.375. The van der Waals surface area contributed by atoms with E-state index in [2.05, 4.69) is 10.8 Å². The number of carbonyl (C=O) groups excluding carboxylic acids is 2. The maximum atomic E-state index is 13.8. The number of nitrogens with zero attached hydrogens (tertiary/aromatic N) is 2. The number of benzene rings is 3. The molecule has 3 atom stereocenters. The minimum absolute atomic E-state index is 0.0242. The van der Waals surface area contributed by atoms with Crippen LogP contribution in [0, 0.1) is 29.1 Å². The van der Waals surface area contributed by atoms with Gasteiger partial charge >= 0.3 is 5.97 Å². The molecule has 0 bridgehead atoms. The number of aliphatic carboxylic acids is 1. The number of hydrogen-bond donors (Lipinski definition) is 3. The van der Waals surface area contributed by atoms with Crippen molar-refractivity contribution >= 4 is 38.5 Å². The highest BCUT2D eigenvalue weighted by atomic mass is 32.2. The van der Waals surface area contributed by atoms with Crippen LogP contribution >= 0.6 is 0 Å². The van der Waals surface area contributed by atoms with E-state index >= 15 is 0 Å². The second kappa shape index (κ2) is 13.9. The largest absolute Gasteiger partial charge is 0.481 e. The van der Waals surface area contributed by atoms with E-state index in [0.717, 1.165) is 10.8 Å². The molecule has 1 fully saturated rings. The minimum atomic E-state index is -4.11. The number of amides is 1. The van der Waals surface area contributed by atoms with Crippen molar-refractivity contribution in [2.45, 2.75) is 43.5 Å². The van der Waals surface area contributed by atoms with Crippen LogP contribution in [0.4, 0.5) is 0 Å². The summed E-state index contributed by atoms with van der Waals surface area (Å²) in [6, 6.07) is 19.7. The Morgan fingerprint density at radius 1 is 1.05 bits per heavy atom. The van der Waals surface area contributed by atoms with Gasteiger partial charge in [0.25, 0.3) is 0 Å². The number of carboxylic acids is 1. The lowest BCUT2D eigenvalue weighted by Crippen LogP contribution is -2.52. The van der Waals surface area contributed by atoms with Gasteiger partial charge in [-0.05, 0) is 72.8 Å². The molecular formula is C32H36N4O6S. The quantitative estimate of drug-likeness (QED) is 0.283. The predicted octanol–water partition coefficient (Wildman–Crippen LogP) is 3.09. The third kappa shape index (κ3) is 7.65. The van der Waals surface area contributed by atoms with Gasteiger partial charge in [-0.25, -0.2) is 8.42 Å². The lowest BCUT2D eigenvalue weighted by Gasteiger charge is -2.35. The SMILES string of the molecule is CC(C(=O)C1CCN(C(=O)[C@H](Cc2cccc(C#N)c2)NS(=O)(=O)c2ccc3ccccc3c2)CC1)C(CCN)C(=O)O. The number of likely N-dealkylation sites (tertiary alicyclic amines) is 1. The maximum Gasteiger partial charge on any atom is 0.307 e. The molecule has 0 spiro atoms. The Kier molecular flexibility index (Phi) is 10.3. The van der Waals surface area contributed by atoms with E-state index in [4.69, 9.17) is 5.73 Å². The zero-order valence-corrected chi connectivity index (χ0v) is 24.8. The lowest BCUT2D eigenvalue weighted by molar-refractivity contribution is -0.148. The van der Waals surface area contributed by atoms with Crippen LogP contribution in [0.25, 0.3) is 10.8 Å². The van der Waals surface area contributed by atoms with Crippen molar-refractivity contribution in [2.24, 2.45) is 23.5 Å². The first-order chi connectivity index (χ1) is 20.5. The van der Waals surface area contributed by atoms with Crippen LogP contribution in [-0.4, -0.2) is 61.8 Å². The zero-order valence-electron chi connectivity index (χ0n) is 24.0. The van der Waals surface area contributed by atoms with E-state index in [1.807, 2.05) is 24.3 Å². The zero-order chi connectivity index (χ0) is 31.1. The molecule has 1 aliphatic rings. The van der Waals surface area contributed by atoms with Crippen molar-refractivity contribution in [3.63, 3.8) is 0 Å². The Balaban J connectivity index is 1.53. The molecule has 10 nitrogen and oxygen atoms in total. The second-order valence-electron chi connectivity index (χ2n) is 11.0. The number of carboxylic acid groups (broad SMARTS) is 1. The summed E-state index contributed by atoms with van der Waals surface area (Å²) in [5.74, 6) is -3.62. The number of nitrogens with two attached hydrogens (primary N) is 1. The predicted molar refractivity (Wildman–Crippen MR) is 161 cm³/mol. The molecule has 11 heteroatoms. The normalized spacial score (nSPS) is 16.3. The number of nitriles is 1. The third-order valence-electron chi connectivity index (χ3n) is 8.18. The van der Waals surface area contributed by atoms with Gasteiger partial charge in [-0.15, -0.1) is 0 Å². The fourth-order valence-electron chi connectivity index (χ4n) is 5.71. The monoisotopic (exact) mass is 604 g/mol. The van der Waals surface area contributed by atoms with Gasteiger partial charge in [-0.2, -0.15) is 9.98 Å². The van der Waals surface area contributed by atoms with Crippen molar-refractivity contribution in [3.05, 3.63) is 77.9 Å². The molecule has 1 heterocycles. The fourth-order valence-corrected chi connectivity index (χ4v) is 6.94. The number of sulfonamides is 1. The van der Waals surface area contributed by atoms with Crippen molar-refractivity contribution in [1.82, 2.24) is 9.62 Å². The van der Waals surface area contributed by atoms with E-state index in [-0.39, 0.29) is 43.2 Å². The van der Waals surface area contributed by atoms with Crippen molar-refractivity contribution in [2.75, 3.05) is 19.6 Å². The molecule has 2 unspecified atom stereocenters. The van der Waals surface area contributed by atoms with E-state index in [9.17, 15) is 33.2 Å². The highest BCUT2D eigenvalue weighted by Gasteiger charge is 2.37. The summed E-state index contributed by atoms with van der Waals surface area (Å²) < 4.78 is 29.7. The molecule has 3 aromatic rings. The van der Waals surface area contributed by atoms with Crippen molar-refractivity contribution in [3.8, 4) is 6.07 Å². The summed E-state index contributed by atoms with van der Waals surface area (Å²) >= 11 is 0. The number of nitrogens with one attached hydrogen (secondary N) is 1. The Labute approximate surface area is 251 Å². The van der Waals surface area contributed by atoms with Crippen LogP contribution in [0.3, 0.4) is 0 Å². The molecule has 4 rings (SSSR count). The second-order valence-corrected chi connectivity index (χ2v) is 12.7. The lowest BCUT2D eigenvalue weighted by atomic mass is 9.79. The van der Waals surface area contributed by atoms with Gasteiger partial charge in [0, 0.05) is 24.9 Å². The molecule has 1 amide bonds. The van der Waals surface area contributed by atoms with Gasteiger partial charge in [0.15, 0.2) is 0 Å². The third-order valence-corrected chi connectivity index (χ3v) is 9.65. The number of fused-ring (bicyclic) bond motifs is 1. The van der Waals surface area contributed by atoms with E-state index in [0.29, 0.717) is 24.0 Å². The van der Waals surface area contributed by atoms with E-state index in [1.165, 1.54) is 6.07 Å². The number of ketones is 1. The number of Topliss-reactive ketones (excluding diaryl/α,β-unsaturated/α-hetero) is 1. The molecule has 0 aliphatic carbocycles. The highest BCUT2D eigenvalue weighted by Crippen LogP contribution is 2.27. The first-order valence-corrected chi connectivity index (χ1v) is 15.8. The standard InChI is InChI=1S/C32H36N4O6S/c1-21(28(11-14-33)32(39)40)30(37)25-12-15-36(16-13-25)31(38)29(18-22-5-4-6-23(17-22)20-34)35-43(41,42)27-10-9-24-7-2-3-8-26(24)19-27/h2-10,17,19,21,25,28-29,35H,11-16,18,33H2,1H3,(H,39,40)/t21?,28?,29-/m0/s1. The molecule has 226 valence electrons. The topological polar surface area (TPSA) is 171 Å². The molecule has 4 N–H and O–H groups in total.